The Morgan fingerprint density at radius 2 is 0.857 bits per heavy atom. The first-order valence-electron chi connectivity index (χ1n) is 3.50. The van der Waals surface area contributed by atoms with Crippen LogP contribution in [0.2, 0.25) is 20.1 Å². The van der Waals surface area contributed by atoms with Gasteiger partial charge in [-0.1, -0.05) is 46.4 Å². The van der Waals surface area contributed by atoms with Crippen molar-refractivity contribution in [3.63, 3.8) is 0 Å². The van der Waals surface area contributed by atoms with Crippen molar-refractivity contribution in [2.75, 3.05) is 0 Å². The van der Waals surface area contributed by atoms with Crippen LogP contribution >= 0.6 is 69.6 Å². The monoisotopic (exact) mass is 310 g/mol. The number of benzene rings is 1. The number of alkyl halides is 2. The molecule has 0 saturated heterocycles. The van der Waals surface area contributed by atoms with Gasteiger partial charge in [-0.2, -0.15) is 0 Å². The smallest absolute Gasteiger partial charge is 0.0797 e. The van der Waals surface area contributed by atoms with Crippen molar-refractivity contribution < 1.29 is 0 Å². The predicted octanol–water partition coefficient (Wildman–Crippen LogP) is 5.78. The van der Waals surface area contributed by atoms with E-state index >= 15 is 0 Å². The summed E-state index contributed by atoms with van der Waals surface area (Å²) in [5.41, 5.74) is 1.26. The van der Waals surface area contributed by atoms with Crippen molar-refractivity contribution in [3.8, 4) is 0 Å². The Labute approximate surface area is 112 Å². The molecule has 0 bridgehead atoms. The zero-order valence-corrected chi connectivity index (χ0v) is 11.2. The second-order valence-electron chi connectivity index (χ2n) is 2.48. The number of halogens is 6. The second-order valence-corrected chi connectivity index (χ2v) is 4.53. The van der Waals surface area contributed by atoms with E-state index in [4.69, 9.17) is 69.6 Å². The van der Waals surface area contributed by atoms with Gasteiger partial charge in [0.15, 0.2) is 0 Å². The topological polar surface area (TPSA) is 0 Å². The number of rotatable bonds is 2. The SMILES string of the molecule is ClCc1c(Cl)c(Cl)c(Cl)c(Cl)c1CCl. The molecule has 0 N–H and O–H groups in total. The lowest BCUT2D eigenvalue weighted by molar-refractivity contribution is 1.27. The van der Waals surface area contributed by atoms with Gasteiger partial charge in [0.05, 0.1) is 20.1 Å². The quantitative estimate of drug-likeness (QED) is 0.369. The van der Waals surface area contributed by atoms with E-state index in [2.05, 4.69) is 0 Å². The van der Waals surface area contributed by atoms with Crippen molar-refractivity contribution >= 4 is 69.6 Å². The van der Waals surface area contributed by atoms with Crippen molar-refractivity contribution in [2.45, 2.75) is 11.8 Å². The summed E-state index contributed by atoms with van der Waals surface area (Å²) in [5, 5.41) is 1.05. The maximum absolute atomic E-state index is 5.94. The van der Waals surface area contributed by atoms with Gasteiger partial charge in [-0.3, -0.25) is 0 Å². The van der Waals surface area contributed by atoms with Crippen LogP contribution in [0, 0.1) is 0 Å². The normalized spacial score (nSPS) is 10.7. The average molecular weight is 313 g/mol. The third-order valence-electron chi connectivity index (χ3n) is 1.74. The first-order chi connectivity index (χ1) is 6.54. The molecule has 0 amide bonds. The largest absolute Gasteiger partial charge is 0.121 e. The molecule has 0 spiro atoms. The zero-order chi connectivity index (χ0) is 10.9. The van der Waals surface area contributed by atoms with Crippen molar-refractivity contribution in [3.05, 3.63) is 31.2 Å². The highest BCUT2D eigenvalue weighted by molar-refractivity contribution is 6.52. The predicted molar refractivity (Wildman–Crippen MR) is 65.6 cm³/mol. The molecule has 0 saturated carbocycles. The summed E-state index contributed by atoms with van der Waals surface area (Å²) in [6, 6.07) is 0. The van der Waals surface area contributed by atoms with E-state index < -0.39 is 0 Å². The van der Waals surface area contributed by atoms with Crippen LogP contribution in [0.4, 0.5) is 0 Å². The highest BCUT2D eigenvalue weighted by Gasteiger charge is 2.18. The summed E-state index contributed by atoms with van der Waals surface area (Å²) in [7, 11) is 0. The molecule has 14 heavy (non-hydrogen) atoms. The lowest BCUT2D eigenvalue weighted by Crippen LogP contribution is -1.94. The lowest BCUT2D eigenvalue weighted by Gasteiger charge is -2.12. The highest BCUT2D eigenvalue weighted by atomic mass is 35.5. The summed E-state index contributed by atoms with van der Waals surface area (Å²) in [4.78, 5) is 0. The van der Waals surface area contributed by atoms with Crippen molar-refractivity contribution in [2.24, 2.45) is 0 Å². The molecule has 78 valence electrons. The summed E-state index contributed by atoms with van der Waals surface area (Å²) < 4.78 is 0. The zero-order valence-electron chi connectivity index (χ0n) is 6.68. The van der Waals surface area contributed by atoms with E-state index in [1.165, 1.54) is 0 Å². The minimum Gasteiger partial charge on any atom is -0.121 e. The first-order valence-corrected chi connectivity index (χ1v) is 6.08. The van der Waals surface area contributed by atoms with Gasteiger partial charge in [-0.15, -0.1) is 23.2 Å². The van der Waals surface area contributed by atoms with Gasteiger partial charge in [0.2, 0.25) is 0 Å². The second kappa shape index (κ2) is 5.34. The Kier molecular flexibility index (Phi) is 4.97. The standard InChI is InChI=1S/C8H4Cl6/c9-1-3-4(2-10)6(12)8(14)7(13)5(3)11/h1-2H2. The summed E-state index contributed by atoms with van der Waals surface area (Å²) in [6.45, 7) is 0. The molecule has 1 aromatic rings. The Bertz CT molecular complexity index is 325. The van der Waals surface area contributed by atoms with Gasteiger partial charge in [0.25, 0.3) is 0 Å². The van der Waals surface area contributed by atoms with Crippen molar-refractivity contribution in [1.82, 2.24) is 0 Å². The summed E-state index contributed by atoms with van der Waals surface area (Å²) in [6.07, 6.45) is 0. The number of hydrogen-bond acceptors (Lipinski definition) is 0. The molecule has 6 heteroatoms. The highest BCUT2D eigenvalue weighted by Crippen LogP contribution is 2.42. The van der Waals surface area contributed by atoms with Crippen LogP contribution in [0.25, 0.3) is 0 Å². The first kappa shape index (κ1) is 13.0. The van der Waals surface area contributed by atoms with E-state index in [1.807, 2.05) is 0 Å². The molecular formula is C8H4Cl6. The van der Waals surface area contributed by atoms with Crippen LogP contribution in [-0.2, 0) is 11.8 Å². The van der Waals surface area contributed by atoms with E-state index in [0.29, 0.717) is 21.2 Å². The van der Waals surface area contributed by atoms with Crippen LogP contribution in [0.3, 0.4) is 0 Å². The third-order valence-corrected chi connectivity index (χ3v) is 4.15. The van der Waals surface area contributed by atoms with E-state index in [0.717, 1.165) is 0 Å². The third kappa shape index (κ3) is 2.21. The average Bonchev–Trinajstić information content (AvgIpc) is 2.20. The fourth-order valence-corrected chi connectivity index (χ4v) is 2.79. The fraction of sp³-hybridized carbons (Fsp3) is 0.250. The van der Waals surface area contributed by atoms with Gasteiger partial charge < -0.3 is 0 Å². The van der Waals surface area contributed by atoms with Gasteiger partial charge >= 0.3 is 0 Å². The lowest BCUT2D eigenvalue weighted by atomic mass is 10.1. The molecule has 0 fully saturated rings. The van der Waals surface area contributed by atoms with Crippen LogP contribution in [0.1, 0.15) is 11.1 Å². The molecule has 1 rings (SSSR count). The van der Waals surface area contributed by atoms with Crippen LogP contribution in [0.15, 0.2) is 0 Å². The molecule has 0 radical (unpaired) electrons. The van der Waals surface area contributed by atoms with E-state index in [-0.39, 0.29) is 21.8 Å². The Morgan fingerprint density at radius 3 is 1.07 bits per heavy atom. The minimum atomic E-state index is 0.192. The molecule has 0 atom stereocenters. The fourth-order valence-electron chi connectivity index (χ4n) is 1.00. The molecule has 0 aliphatic rings. The maximum atomic E-state index is 5.94. The Balaban J connectivity index is 3.57. The molecular weight excluding hydrogens is 309 g/mol. The molecule has 0 aliphatic carbocycles. The molecule has 1 aromatic carbocycles. The minimum absolute atomic E-state index is 0.192. The van der Waals surface area contributed by atoms with Gasteiger partial charge in [-0.05, 0) is 11.1 Å². The van der Waals surface area contributed by atoms with E-state index in [1.54, 1.807) is 0 Å². The molecule has 0 aromatic heterocycles. The number of hydrogen-bond donors (Lipinski definition) is 0. The molecule has 0 unspecified atom stereocenters. The molecule has 0 aliphatic heterocycles. The maximum Gasteiger partial charge on any atom is 0.0797 e. The molecule has 0 nitrogen and oxygen atoms in total. The summed E-state index contributed by atoms with van der Waals surface area (Å²) in [5.74, 6) is 0.384. The Morgan fingerprint density at radius 1 is 0.571 bits per heavy atom. The van der Waals surface area contributed by atoms with Crippen molar-refractivity contribution in [1.29, 1.82) is 0 Å². The van der Waals surface area contributed by atoms with E-state index in [9.17, 15) is 0 Å². The van der Waals surface area contributed by atoms with Crippen LogP contribution < -0.4 is 0 Å². The summed E-state index contributed by atoms with van der Waals surface area (Å²) >= 11 is 35.0. The van der Waals surface area contributed by atoms with Crippen LogP contribution in [-0.4, -0.2) is 0 Å². The van der Waals surface area contributed by atoms with Gasteiger partial charge in [0, 0.05) is 11.8 Å². The van der Waals surface area contributed by atoms with Gasteiger partial charge in [-0.25, -0.2) is 0 Å². The van der Waals surface area contributed by atoms with Gasteiger partial charge in [0.1, 0.15) is 0 Å². The van der Waals surface area contributed by atoms with Crippen LogP contribution in [0.5, 0.6) is 0 Å². The Hall–Kier alpha value is 0.960. The molecule has 0 heterocycles.